The first kappa shape index (κ1) is 11.2. The predicted octanol–water partition coefficient (Wildman–Crippen LogP) is 1.38. The van der Waals surface area contributed by atoms with E-state index < -0.39 is 6.10 Å². The van der Waals surface area contributed by atoms with Crippen molar-refractivity contribution in [3.8, 4) is 11.8 Å². The van der Waals surface area contributed by atoms with Crippen LogP contribution in [0.15, 0.2) is 0 Å². The molecule has 0 unspecified atom stereocenters. The van der Waals surface area contributed by atoms with Gasteiger partial charge in [0.15, 0.2) is 0 Å². The first-order chi connectivity index (χ1) is 5.57. The highest BCUT2D eigenvalue weighted by Gasteiger charge is 2.12. The minimum atomic E-state index is -0.552. The van der Waals surface area contributed by atoms with Gasteiger partial charge in [-0.3, -0.25) is 4.79 Å². The fourth-order valence-electron chi connectivity index (χ4n) is 0.664. The summed E-state index contributed by atoms with van der Waals surface area (Å²) < 4.78 is 0. The summed E-state index contributed by atoms with van der Waals surface area (Å²) in [6.45, 7) is 5.65. The largest absolute Gasteiger partial charge is 0.392 e. The smallest absolute Gasteiger partial charge is 0.208 e. The summed E-state index contributed by atoms with van der Waals surface area (Å²) >= 11 is 0. The van der Waals surface area contributed by atoms with Gasteiger partial charge in [0.05, 0.1) is 6.10 Å². The maximum absolute atomic E-state index is 11.0. The number of rotatable bonds is 3. The summed E-state index contributed by atoms with van der Waals surface area (Å²) in [5.74, 6) is 5.10. The number of hydrogen-bond acceptors (Lipinski definition) is 2. The van der Waals surface area contributed by atoms with Crippen LogP contribution in [0.2, 0.25) is 0 Å². The highest BCUT2D eigenvalue weighted by atomic mass is 16.3. The van der Waals surface area contributed by atoms with Crippen LogP contribution < -0.4 is 0 Å². The van der Waals surface area contributed by atoms with Gasteiger partial charge in [-0.25, -0.2) is 0 Å². The average molecular weight is 168 g/mol. The summed E-state index contributed by atoms with van der Waals surface area (Å²) in [6.07, 6.45) is 0.289. The molecule has 2 nitrogen and oxygen atoms in total. The lowest BCUT2D eigenvalue weighted by atomic mass is 10.0. The molecule has 0 amide bonds. The van der Waals surface area contributed by atoms with Crippen molar-refractivity contribution in [2.75, 3.05) is 0 Å². The van der Waals surface area contributed by atoms with E-state index in [0.717, 1.165) is 0 Å². The molecule has 0 bridgehead atoms. The molecular weight excluding hydrogens is 152 g/mol. The van der Waals surface area contributed by atoms with E-state index in [1.807, 2.05) is 20.8 Å². The first-order valence-electron chi connectivity index (χ1n) is 4.27. The second kappa shape index (κ2) is 5.79. The third-order valence-electron chi connectivity index (χ3n) is 1.57. The fraction of sp³-hybridized carbons (Fsp3) is 0.700. The fourth-order valence-corrected chi connectivity index (χ4v) is 0.664. The molecule has 1 atom stereocenters. The number of aliphatic hydroxyl groups is 1. The number of carbonyl (C=O) groups excluding carboxylic acids is 1. The molecule has 0 radical (unpaired) electrons. The molecule has 2 heteroatoms. The molecule has 0 aliphatic carbocycles. The first-order valence-corrected chi connectivity index (χ1v) is 4.27. The molecule has 0 fully saturated rings. The van der Waals surface area contributed by atoms with Gasteiger partial charge < -0.3 is 5.11 Å². The lowest BCUT2D eigenvalue weighted by Crippen LogP contribution is -2.18. The molecule has 0 heterocycles. The molecule has 0 saturated carbocycles. The molecule has 0 rings (SSSR count). The van der Waals surface area contributed by atoms with E-state index in [-0.39, 0.29) is 18.1 Å². The van der Waals surface area contributed by atoms with Crippen molar-refractivity contribution in [2.45, 2.75) is 39.7 Å². The Labute approximate surface area is 74.0 Å². The highest BCUT2D eigenvalue weighted by molar-refractivity contribution is 5.95. The molecule has 0 aliphatic rings. The SMILES string of the molecule is CCC#CC(=O)C[C@H](O)C(C)C. The summed E-state index contributed by atoms with van der Waals surface area (Å²) in [4.78, 5) is 11.0. The molecule has 68 valence electrons. The Morgan fingerprint density at radius 2 is 2.08 bits per heavy atom. The van der Waals surface area contributed by atoms with Gasteiger partial charge >= 0.3 is 0 Å². The van der Waals surface area contributed by atoms with E-state index in [1.165, 1.54) is 0 Å². The van der Waals surface area contributed by atoms with Gasteiger partial charge in [0.2, 0.25) is 5.78 Å². The van der Waals surface area contributed by atoms with Crippen molar-refractivity contribution in [3.05, 3.63) is 0 Å². The Hall–Kier alpha value is -0.810. The molecule has 0 aromatic carbocycles. The molecule has 0 aromatic rings. The number of hydrogen-bond donors (Lipinski definition) is 1. The summed E-state index contributed by atoms with van der Waals surface area (Å²) in [6, 6.07) is 0. The zero-order valence-electron chi connectivity index (χ0n) is 7.92. The molecule has 12 heavy (non-hydrogen) atoms. The third kappa shape index (κ3) is 4.92. The Bertz CT molecular complexity index is 196. The number of ketones is 1. The monoisotopic (exact) mass is 168 g/mol. The van der Waals surface area contributed by atoms with Crippen LogP contribution in [0.3, 0.4) is 0 Å². The Morgan fingerprint density at radius 1 is 1.50 bits per heavy atom. The van der Waals surface area contributed by atoms with E-state index in [4.69, 9.17) is 0 Å². The lowest BCUT2D eigenvalue weighted by molar-refractivity contribution is -0.116. The zero-order chi connectivity index (χ0) is 9.56. The maximum atomic E-state index is 11.0. The molecule has 1 N–H and O–H groups in total. The molecule has 0 saturated heterocycles. The van der Waals surface area contributed by atoms with E-state index in [0.29, 0.717) is 6.42 Å². The number of Topliss-reactive ketones (excluding diaryl/α,β-unsaturated/α-hetero) is 1. The van der Waals surface area contributed by atoms with E-state index >= 15 is 0 Å². The van der Waals surface area contributed by atoms with Crippen molar-refractivity contribution in [1.29, 1.82) is 0 Å². The van der Waals surface area contributed by atoms with E-state index in [9.17, 15) is 9.90 Å². The van der Waals surface area contributed by atoms with Crippen LogP contribution in [0.4, 0.5) is 0 Å². The standard InChI is InChI=1S/C10H16O2/c1-4-5-6-9(11)7-10(12)8(2)3/h8,10,12H,4,7H2,1-3H3/t10-/m0/s1. The highest BCUT2D eigenvalue weighted by Crippen LogP contribution is 2.05. The second-order valence-electron chi connectivity index (χ2n) is 3.09. The van der Waals surface area contributed by atoms with Gasteiger partial charge in [0.1, 0.15) is 0 Å². The molecular formula is C10H16O2. The van der Waals surface area contributed by atoms with E-state index in [1.54, 1.807) is 0 Å². The second-order valence-corrected chi connectivity index (χ2v) is 3.09. The summed E-state index contributed by atoms with van der Waals surface area (Å²) in [5, 5.41) is 9.31. The molecule has 0 spiro atoms. The Morgan fingerprint density at radius 3 is 2.50 bits per heavy atom. The van der Waals surface area contributed by atoms with Gasteiger partial charge in [-0.05, 0) is 11.8 Å². The van der Waals surface area contributed by atoms with Crippen LogP contribution in [0.25, 0.3) is 0 Å². The topological polar surface area (TPSA) is 37.3 Å². The van der Waals surface area contributed by atoms with Gasteiger partial charge in [0.25, 0.3) is 0 Å². The van der Waals surface area contributed by atoms with E-state index in [2.05, 4.69) is 11.8 Å². The quantitative estimate of drug-likeness (QED) is 0.510. The van der Waals surface area contributed by atoms with Gasteiger partial charge in [-0.2, -0.15) is 0 Å². The normalized spacial score (nSPS) is 12.1. The average Bonchev–Trinajstić information content (AvgIpc) is 2.00. The van der Waals surface area contributed by atoms with Crippen molar-refractivity contribution in [1.82, 2.24) is 0 Å². The van der Waals surface area contributed by atoms with Gasteiger partial charge in [0, 0.05) is 12.8 Å². The van der Waals surface area contributed by atoms with Crippen LogP contribution in [0, 0.1) is 17.8 Å². The van der Waals surface area contributed by atoms with Crippen LogP contribution in [-0.4, -0.2) is 17.0 Å². The van der Waals surface area contributed by atoms with Crippen molar-refractivity contribution in [2.24, 2.45) is 5.92 Å². The molecule has 0 aromatic heterocycles. The van der Waals surface area contributed by atoms with Crippen molar-refractivity contribution in [3.63, 3.8) is 0 Å². The minimum absolute atomic E-state index is 0.123. The van der Waals surface area contributed by atoms with Gasteiger partial charge in [-0.1, -0.05) is 26.7 Å². The van der Waals surface area contributed by atoms with Crippen LogP contribution in [0.5, 0.6) is 0 Å². The van der Waals surface area contributed by atoms with Crippen LogP contribution in [-0.2, 0) is 4.79 Å². The zero-order valence-corrected chi connectivity index (χ0v) is 7.92. The minimum Gasteiger partial charge on any atom is -0.392 e. The lowest BCUT2D eigenvalue weighted by Gasteiger charge is -2.10. The van der Waals surface area contributed by atoms with Gasteiger partial charge in [-0.15, -0.1) is 0 Å². The third-order valence-corrected chi connectivity index (χ3v) is 1.57. The Kier molecular flexibility index (Phi) is 5.40. The maximum Gasteiger partial charge on any atom is 0.208 e. The molecule has 0 aliphatic heterocycles. The predicted molar refractivity (Wildman–Crippen MR) is 48.5 cm³/mol. The van der Waals surface area contributed by atoms with Crippen molar-refractivity contribution >= 4 is 5.78 Å². The number of aliphatic hydroxyl groups excluding tert-OH is 1. The van der Waals surface area contributed by atoms with Crippen molar-refractivity contribution < 1.29 is 9.90 Å². The Balaban J connectivity index is 3.84. The number of carbonyl (C=O) groups is 1. The summed E-state index contributed by atoms with van der Waals surface area (Å²) in [5.41, 5.74) is 0. The van der Waals surface area contributed by atoms with Crippen LogP contribution >= 0.6 is 0 Å². The summed E-state index contributed by atoms with van der Waals surface area (Å²) in [7, 11) is 0. The van der Waals surface area contributed by atoms with Crippen LogP contribution in [0.1, 0.15) is 33.6 Å².